The Bertz CT molecular complexity index is 769. The first kappa shape index (κ1) is 20.6. The number of nitrogens with zero attached hydrogens (tertiary/aromatic N) is 1. The zero-order chi connectivity index (χ0) is 20.3. The van der Waals surface area contributed by atoms with Crippen molar-refractivity contribution in [1.29, 1.82) is 0 Å². The molecule has 28 heavy (non-hydrogen) atoms. The van der Waals surface area contributed by atoms with Crippen molar-refractivity contribution < 1.29 is 14.3 Å². The maximum Gasteiger partial charge on any atom is 0.337 e. The zero-order valence-corrected chi connectivity index (χ0v) is 17.5. The van der Waals surface area contributed by atoms with Crippen LogP contribution in [0.4, 0.5) is 0 Å². The van der Waals surface area contributed by atoms with Crippen LogP contribution < -0.4 is 0 Å². The molecule has 0 aromatic heterocycles. The molecule has 0 unspecified atom stereocenters. The Morgan fingerprint density at radius 2 is 1.64 bits per heavy atom. The van der Waals surface area contributed by atoms with Gasteiger partial charge in [-0.1, -0.05) is 67.6 Å². The Kier molecular flexibility index (Phi) is 6.21. The van der Waals surface area contributed by atoms with Crippen LogP contribution in [-0.4, -0.2) is 28.8 Å². The standard InChI is InChI=1S/C24H31NO3/c1-6-20-25(17(2)18-13-9-7-10-14-18)21(19-15-11-8-12-16-19)22(27-20)23(26)28-24(3,4)5/h7-17,20-22H,6H2,1-5H3/t17-,20-,21-,22-/m0/s1. The van der Waals surface area contributed by atoms with Crippen LogP contribution in [0.25, 0.3) is 0 Å². The van der Waals surface area contributed by atoms with Crippen LogP contribution in [-0.2, 0) is 14.3 Å². The maximum absolute atomic E-state index is 13.0. The van der Waals surface area contributed by atoms with Crippen molar-refractivity contribution in [3.05, 3.63) is 71.8 Å². The summed E-state index contributed by atoms with van der Waals surface area (Å²) in [5.41, 5.74) is 1.72. The van der Waals surface area contributed by atoms with Gasteiger partial charge in [-0.25, -0.2) is 4.79 Å². The number of carbonyl (C=O) groups is 1. The average Bonchev–Trinajstić information content (AvgIpc) is 3.07. The molecule has 0 spiro atoms. The van der Waals surface area contributed by atoms with E-state index in [1.54, 1.807) is 0 Å². The summed E-state index contributed by atoms with van der Waals surface area (Å²) in [6.07, 6.45) is -0.0181. The molecule has 2 aromatic rings. The Labute approximate surface area is 168 Å². The summed E-state index contributed by atoms with van der Waals surface area (Å²) in [5, 5.41) is 0. The first-order valence-electron chi connectivity index (χ1n) is 10.1. The molecule has 1 saturated heterocycles. The van der Waals surface area contributed by atoms with E-state index in [-0.39, 0.29) is 24.3 Å². The van der Waals surface area contributed by atoms with E-state index in [4.69, 9.17) is 9.47 Å². The van der Waals surface area contributed by atoms with Crippen molar-refractivity contribution >= 4 is 5.97 Å². The highest BCUT2D eigenvalue weighted by atomic mass is 16.6. The average molecular weight is 382 g/mol. The van der Waals surface area contributed by atoms with Gasteiger partial charge in [-0.05, 0) is 45.2 Å². The number of carbonyl (C=O) groups excluding carboxylic acids is 1. The maximum atomic E-state index is 13.0. The van der Waals surface area contributed by atoms with E-state index in [9.17, 15) is 4.79 Å². The molecule has 4 heteroatoms. The molecule has 0 saturated carbocycles. The first-order chi connectivity index (χ1) is 13.3. The van der Waals surface area contributed by atoms with Crippen LogP contribution in [0.3, 0.4) is 0 Å². The van der Waals surface area contributed by atoms with Gasteiger partial charge < -0.3 is 9.47 Å². The number of rotatable bonds is 5. The van der Waals surface area contributed by atoms with E-state index in [0.717, 1.165) is 12.0 Å². The highest BCUT2D eigenvalue weighted by Gasteiger charge is 2.49. The molecule has 1 aliphatic rings. The molecular formula is C24H31NO3. The van der Waals surface area contributed by atoms with Crippen molar-refractivity contribution in [2.45, 2.75) is 71.1 Å². The molecule has 0 bridgehead atoms. The van der Waals surface area contributed by atoms with Gasteiger partial charge in [-0.3, -0.25) is 4.90 Å². The largest absolute Gasteiger partial charge is 0.458 e. The molecule has 0 N–H and O–H groups in total. The van der Waals surface area contributed by atoms with Gasteiger partial charge in [-0.2, -0.15) is 0 Å². The lowest BCUT2D eigenvalue weighted by molar-refractivity contribution is -0.168. The predicted octanol–water partition coefficient (Wildman–Crippen LogP) is 5.27. The SMILES string of the molecule is CC[C@@H]1O[C@H](C(=O)OC(C)(C)C)[C@H](c2ccccc2)N1[C@@H](C)c1ccccc1. The lowest BCUT2D eigenvalue weighted by Crippen LogP contribution is -2.38. The smallest absolute Gasteiger partial charge is 0.337 e. The number of hydrogen-bond acceptors (Lipinski definition) is 4. The van der Waals surface area contributed by atoms with Gasteiger partial charge >= 0.3 is 5.97 Å². The van der Waals surface area contributed by atoms with E-state index in [1.807, 2.05) is 57.2 Å². The molecule has 0 radical (unpaired) electrons. The van der Waals surface area contributed by atoms with Crippen LogP contribution in [0.2, 0.25) is 0 Å². The predicted molar refractivity (Wildman–Crippen MR) is 111 cm³/mol. The second-order valence-electron chi connectivity index (χ2n) is 8.34. The van der Waals surface area contributed by atoms with Crippen molar-refractivity contribution in [3.8, 4) is 0 Å². The number of benzene rings is 2. The fourth-order valence-corrected chi connectivity index (χ4v) is 3.89. The molecule has 1 heterocycles. The van der Waals surface area contributed by atoms with E-state index in [1.165, 1.54) is 5.56 Å². The summed E-state index contributed by atoms with van der Waals surface area (Å²) in [7, 11) is 0. The van der Waals surface area contributed by atoms with Gasteiger partial charge in [0.05, 0.1) is 6.04 Å². The summed E-state index contributed by atoms with van der Waals surface area (Å²) < 4.78 is 12.0. The van der Waals surface area contributed by atoms with Crippen LogP contribution >= 0.6 is 0 Å². The van der Waals surface area contributed by atoms with Crippen molar-refractivity contribution in [2.24, 2.45) is 0 Å². The second-order valence-corrected chi connectivity index (χ2v) is 8.34. The van der Waals surface area contributed by atoms with Crippen molar-refractivity contribution in [1.82, 2.24) is 4.90 Å². The second kappa shape index (κ2) is 8.46. The molecule has 3 rings (SSSR count). The molecule has 4 nitrogen and oxygen atoms in total. The normalized spacial score (nSPS) is 24.1. The molecule has 0 amide bonds. The zero-order valence-electron chi connectivity index (χ0n) is 17.5. The van der Waals surface area contributed by atoms with Gasteiger partial charge in [-0.15, -0.1) is 0 Å². The van der Waals surface area contributed by atoms with Crippen LogP contribution in [0.1, 0.15) is 64.3 Å². The van der Waals surface area contributed by atoms with Crippen LogP contribution in [0, 0.1) is 0 Å². The molecule has 2 aromatic carbocycles. The minimum Gasteiger partial charge on any atom is -0.458 e. The summed E-state index contributed by atoms with van der Waals surface area (Å²) >= 11 is 0. The third kappa shape index (κ3) is 4.45. The Morgan fingerprint density at radius 3 is 2.18 bits per heavy atom. The third-order valence-electron chi connectivity index (χ3n) is 5.10. The fraction of sp³-hybridized carbons (Fsp3) is 0.458. The van der Waals surface area contributed by atoms with Gasteiger partial charge in [0.15, 0.2) is 6.10 Å². The lowest BCUT2D eigenvalue weighted by atomic mass is 9.96. The Balaban J connectivity index is 2.01. The monoisotopic (exact) mass is 381 g/mol. The van der Waals surface area contributed by atoms with Crippen LogP contribution in [0.15, 0.2) is 60.7 Å². The van der Waals surface area contributed by atoms with Crippen LogP contribution in [0.5, 0.6) is 0 Å². The Hall–Kier alpha value is -2.17. The lowest BCUT2D eigenvalue weighted by Gasteiger charge is -2.34. The molecule has 1 fully saturated rings. The molecule has 4 atom stereocenters. The van der Waals surface area contributed by atoms with Gasteiger partial charge in [0.2, 0.25) is 0 Å². The minimum absolute atomic E-state index is 0.101. The van der Waals surface area contributed by atoms with Crippen molar-refractivity contribution in [2.75, 3.05) is 0 Å². The quantitative estimate of drug-likeness (QED) is 0.662. The molecular weight excluding hydrogens is 350 g/mol. The summed E-state index contributed by atoms with van der Waals surface area (Å²) in [5.74, 6) is -0.303. The summed E-state index contributed by atoms with van der Waals surface area (Å²) in [6.45, 7) is 9.93. The van der Waals surface area contributed by atoms with Gasteiger partial charge in [0.1, 0.15) is 11.8 Å². The number of hydrogen-bond donors (Lipinski definition) is 0. The summed E-state index contributed by atoms with van der Waals surface area (Å²) in [4.78, 5) is 15.4. The fourth-order valence-electron chi connectivity index (χ4n) is 3.89. The van der Waals surface area contributed by atoms with E-state index in [0.29, 0.717) is 0 Å². The van der Waals surface area contributed by atoms with E-state index < -0.39 is 11.7 Å². The highest BCUT2D eigenvalue weighted by molar-refractivity contribution is 5.77. The Morgan fingerprint density at radius 1 is 1.07 bits per heavy atom. The third-order valence-corrected chi connectivity index (χ3v) is 5.10. The first-order valence-corrected chi connectivity index (χ1v) is 10.1. The minimum atomic E-state index is -0.655. The number of esters is 1. The number of ether oxygens (including phenoxy) is 2. The van der Waals surface area contributed by atoms with Gasteiger partial charge in [0, 0.05) is 6.04 Å². The summed E-state index contributed by atoms with van der Waals surface area (Å²) in [6, 6.07) is 20.4. The van der Waals surface area contributed by atoms with E-state index in [2.05, 4.69) is 43.0 Å². The highest BCUT2D eigenvalue weighted by Crippen LogP contribution is 2.43. The van der Waals surface area contributed by atoms with Gasteiger partial charge in [0.25, 0.3) is 0 Å². The molecule has 1 aliphatic heterocycles. The van der Waals surface area contributed by atoms with Crippen molar-refractivity contribution in [3.63, 3.8) is 0 Å². The van der Waals surface area contributed by atoms with E-state index >= 15 is 0 Å². The molecule has 150 valence electrons. The topological polar surface area (TPSA) is 38.8 Å². The molecule has 0 aliphatic carbocycles.